The van der Waals surface area contributed by atoms with E-state index in [0.717, 1.165) is 53.2 Å². The first-order chi connectivity index (χ1) is 13.5. The van der Waals surface area contributed by atoms with Crippen molar-refractivity contribution in [2.45, 2.75) is 46.1 Å². The molecule has 0 unspecified atom stereocenters. The van der Waals surface area contributed by atoms with Gasteiger partial charge in [-0.3, -0.25) is 0 Å². The smallest absolute Gasteiger partial charge is 0.322 e. The van der Waals surface area contributed by atoms with Crippen molar-refractivity contribution in [1.29, 1.82) is 0 Å². The second-order valence-electron chi connectivity index (χ2n) is 7.19. The van der Waals surface area contributed by atoms with Crippen molar-refractivity contribution in [3.8, 4) is 5.69 Å². The Kier molecular flexibility index (Phi) is 4.81. The zero-order chi connectivity index (χ0) is 19.7. The Balaban J connectivity index is 1.60. The number of piperidine rings is 1. The van der Waals surface area contributed by atoms with Gasteiger partial charge in [-0.1, -0.05) is 5.16 Å². The van der Waals surface area contributed by atoms with Gasteiger partial charge in [0.05, 0.1) is 11.7 Å². The van der Waals surface area contributed by atoms with Crippen LogP contribution in [-0.2, 0) is 0 Å². The van der Waals surface area contributed by atoms with E-state index in [0.29, 0.717) is 6.54 Å². The summed E-state index contributed by atoms with van der Waals surface area (Å²) in [5, 5.41) is 18.5. The fourth-order valence-corrected chi connectivity index (χ4v) is 3.59. The lowest BCUT2D eigenvalue weighted by molar-refractivity contribution is 0.159. The summed E-state index contributed by atoms with van der Waals surface area (Å²) in [4.78, 5) is 15.0. The Morgan fingerprint density at radius 2 is 2.07 bits per heavy atom. The van der Waals surface area contributed by atoms with Gasteiger partial charge < -0.3 is 14.7 Å². The molecule has 1 aliphatic rings. The number of hydrogen-bond donors (Lipinski definition) is 1. The molecule has 9 nitrogen and oxygen atoms in total. The molecule has 1 saturated heterocycles. The lowest BCUT2D eigenvalue weighted by atomic mass is 9.99. The van der Waals surface area contributed by atoms with E-state index in [4.69, 9.17) is 4.52 Å². The summed E-state index contributed by atoms with van der Waals surface area (Å²) in [6, 6.07) is 5.57. The van der Waals surface area contributed by atoms with Crippen molar-refractivity contribution >= 4 is 11.7 Å². The maximum absolute atomic E-state index is 13.1. The summed E-state index contributed by atoms with van der Waals surface area (Å²) in [6.07, 6.45) is 4.45. The molecule has 2 aromatic heterocycles. The molecule has 2 amide bonds. The summed E-state index contributed by atoms with van der Waals surface area (Å²) in [5.74, 6) is 0.751. The third-order valence-electron chi connectivity index (χ3n) is 5.26. The number of aryl methyl sites for hydroxylation is 2. The van der Waals surface area contributed by atoms with E-state index in [1.54, 1.807) is 4.68 Å². The number of rotatable bonds is 3. The van der Waals surface area contributed by atoms with Crippen LogP contribution in [0.5, 0.6) is 0 Å². The van der Waals surface area contributed by atoms with E-state index in [-0.39, 0.29) is 12.1 Å². The number of nitrogens with one attached hydrogen (secondary N) is 1. The number of aromatic nitrogens is 5. The Hall–Kier alpha value is -3.23. The minimum Gasteiger partial charge on any atom is -0.361 e. The van der Waals surface area contributed by atoms with Crippen molar-refractivity contribution < 1.29 is 9.32 Å². The van der Waals surface area contributed by atoms with Gasteiger partial charge in [0.1, 0.15) is 17.8 Å². The largest absolute Gasteiger partial charge is 0.361 e. The second-order valence-corrected chi connectivity index (χ2v) is 7.19. The van der Waals surface area contributed by atoms with E-state index < -0.39 is 0 Å². The number of benzene rings is 1. The van der Waals surface area contributed by atoms with Gasteiger partial charge >= 0.3 is 6.03 Å². The van der Waals surface area contributed by atoms with E-state index >= 15 is 0 Å². The summed E-state index contributed by atoms with van der Waals surface area (Å²) >= 11 is 0. The predicted octanol–water partition coefficient (Wildman–Crippen LogP) is 3.33. The molecule has 146 valence electrons. The third kappa shape index (κ3) is 3.47. The standard InChI is InChI=1S/C19H23N7O2/c1-12-8-15(26-11-20-23-24-26)10-16(14(12)3)21-19(27)25-7-5-4-6-18(25)17-9-13(2)28-22-17/h8-11,18H,4-7H2,1-3H3,(H,21,27)/t18-/m0/s1. The van der Waals surface area contributed by atoms with Gasteiger partial charge in [-0.15, -0.1) is 5.10 Å². The summed E-state index contributed by atoms with van der Waals surface area (Å²) in [6.45, 7) is 6.54. The van der Waals surface area contributed by atoms with Gasteiger partial charge in [-0.2, -0.15) is 0 Å². The fraction of sp³-hybridized carbons (Fsp3) is 0.421. The Morgan fingerprint density at radius 1 is 1.21 bits per heavy atom. The zero-order valence-corrected chi connectivity index (χ0v) is 16.2. The van der Waals surface area contributed by atoms with Crippen LogP contribution in [0.4, 0.5) is 10.5 Å². The van der Waals surface area contributed by atoms with E-state index in [1.165, 1.54) is 6.33 Å². The van der Waals surface area contributed by atoms with Crippen molar-refractivity contribution in [2.24, 2.45) is 0 Å². The molecule has 1 aromatic carbocycles. The van der Waals surface area contributed by atoms with Crippen LogP contribution < -0.4 is 5.32 Å². The molecule has 4 rings (SSSR count). The molecule has 1 atom stereocenters. The van der Waals surface area contributed by atoms with Gasteiger partial charge in [0.2, 0.25) is 0 Å². The third-order valence-corrected chi connectivity index (χ3v) is 5.26. The number of likely N-dealkylation sites (tertiary alicyclic amines) is 1. The first kappa shape index (κ1) is 18.1. The zero-order valence-electron chi connectivity index (χ0n) is 16.2. The fourth-order valence-electron chi connectivity index (χ4n) is 3.59. The predicted molar refractivity (Wildman–Crippen MR) is 102 cm³/mol. The highest BCUT2D eigenvalue weighted by atomic mass is 16.5. The highest BCUT2D eigenvalue weighted by Crippen LogP contribution is 2.32. The maximum Gasteiger partial charge on any atom is 0.322 e. The van der Waals surface area contributed by atoms with Crippen molar-refractivity contribution in [2.75, 3.05) is 11.9 Å². The van der Waals surface area contributed by atoms with E-state index in [1.807, 2.05) is 43.9 Å². The lowest BCUT2D eigenvalue weighted by Gasteiger charge is -2.34. The monoisotopic (exact) mass is 381 g/mol. The molecule has 0 bridgehead atoms. The topological polar surface area (TPSA) is 102 Å². The van der Waals surface area contributed by atoms with Crippen LogP contribution in [-0.4, -0.2) is 42.8 Å². The molecule has 1 N–H and O–H groups in total. The lowest BCUT2D eigenvalue weighted by Crippen LogP contribution is -2.41. The maximum atomic E-state index is 13.1. The number of amides is 2. The molecule has 0 radical (unpaired) electrons. The Bertz CT molecular complexity index is 980. The summed E-state index contributed by atoms with van der Waals surface area (Å²) in [5.41, 5.74) is 4.41. The van der Waals surface area contributed by atoms with Gasteiger partial charge in [0.25, 0.3) is 0 Å². The number of carbonyl (C=O) groups is 1. The average molecular weight is 381 g/mol. The van der Waals surface area contributed by atoms with Crippen LogP contribution in [0.2, 0.25) is 0 Å². The molecule has 3 aromatic rings. The number of urea groups is 1. The average Bonchev–Trinajstić information content (AvgIpc) is 3.37. The van der Waals surface area contributed by atoms with Crippen LogP contribution in [0.15, 0.2) is 29.0 Å². The molecule has 3 heterocycles. The van der Waals surface area contributed by atoms with Crippen LogP contribution in [0, 0.1) is 20.8 Å². The SMILES string of the molecule is Cc1cc([C@@H]2CCCCN2C(=O)Nc2cc(-n3cnnn3)cc(C)c2C)no1. The van der Waals surface area contributed by atoms with Gasteiger partial charge in [-0.05, 0) is 73.7 Å². The Morgan fingerprint density at radius 3 is 2.79 bits per heavy atom. The normalized spacial score (nSPS) is 17.0. The molecule has 28 heavy (non-hydrogen) atoms. The van der Waals surface area contributed by atoms with Crippen LogP contribution >= 0.6 is 0 Å². The molecule has 1 fully saturated rings. The van der Waals surface area contributed by atoms with Crippen LogP contribution in [0.3, 0.4) is 0 Å². The molecule has 1 aliphatic heterocycles. The van der Waals surface area contributed by atoms with Crippen molar-refractivity contribution in [1.82, 2.24) is 30.3 Å². The van der Waals surface area contributed by atoms with Crippen LogP contribution in [0.1, 0.15) is 47.9 Å². The van der Waals surface area contributed by atoms with Crippen molar-refractivity contribution in [3.05, 3.63) is 47.1 Å². The first-order valence-corrected chi connectivity index (χ1v) is 9.38. The summed E-state index contributed by atoms with van der Waals surface area (Å²) in [7, 11) is 0. The Labute approximate surface area is 162 Å². The van der Waals surface area contributed by atoms with Gasteiger partial charge in [0.15, 0.2) is 0 Å². The van der Waals surface area contributed by atoms with E-state index in [9.17, 15) is 4.79 Å². The molecule has 9 heteroatoms. The first-order valence-electron chi connectivity index (χ1n) is 9.38. The minimum atomic E-state index is -0.137. The second kappa shape index (κ2) is 7.41. The molecule has 0 saturated carbocycles. The number of tetrazole rings is 1. The highest BCUT2D eigenvalue weighted by Gasteiger charge is 2.30. The number of anilines is 1. The molecular weight excluding hydrogens is 358 g/mol. The van der Waals surface area contributed by atoms with Crippen molar-refractivity contribution in [3.63, 3.8) is 0 Å². The van der Waals surface area contributed by atoms with Gasteiger partial charge in [0, 0.05) is 18.3 Å². The summed E-state index contributed by atoms with van der Waals surface area (Å²) < 4.78 is 6.80. The molecular formula is C19H23N7O2. The minimum absolute atomic E-state index is 0.0738. The van der Waals surface area contributed by atoms with Crippen LogP contribution in [0.25, 0.3) is 5.69 Å². The molecule has 0 spiro atoms. The number of hydrogen-bond acceptors (Lipinski definition) is 6. The molecule has 0 aliphatic carbocycles. The number of carbonyl (C=O) groups excluding carboxylic acids is 1. The number of nitrogens with zero attached hydrogens (tertiary/aromatic N) is 6. The van der Waals surface area contributed by atoms with Gasteiger partial charge in [-0.25, -0.2) is 9.48 Å². The van der Waals surface area contributed by atoms with E-state index in [2.05, 4.69) is 26.0 Å². The quantitative estimate of drug-likeness (QED) is 0.746. The highest BCUT2D eigenvalue weighted by molar-refractivity contribution is 5.91.